The summed E-state index contributed by atoms with van der Waals surface area (Å²) in [6, 6.07) is -1.55. The van der Waals surface area contributed by atoms with E-state index in [0.717, 1.165) is 0 Å². The molecule has 0 saturated carbocycles. The first-order valence-corrected chi connectivity index (χ1v) is 9.14. The summed E-state index contributed by atoms with van der Waals surface area (Å²) in [6.07, 6.45) is -0.301. The molecule has 10 heteroatoms. The van der Waals surface area contributed by atoms with Gasteiger partial charge in [0.25, 0.3) is 0 Å². The summed E-state index contributed by atoms with van der Waals surface area (Å²) in [4.78, 5) is 35.2. The van der Waals surface area contributed by atoms with Crippen LogP contribution in [0.5, 0.6) is 0 Å². The predicted molar refractivity (Wildman–Crippen MR) is 101 cm³/mol. The normalized spacial score (nSPS) is 14.1. The Kier molecular flexibility index (Phi) is 11.8. The van der Waals surface area contributed by atoms with Gasteiger partial charge in [0.2, 0.25) is 11.8 Å². The summed E-state index contributed by atoms with van der Waals surface area (Å²) in [5.41, 5.74) is 5.20. The minimum absolute atomic E-state index is 0.127. The fraction of sp³-hybridized carbons (Fsp3) is 0.765. The van der Waals surface area contributed by atoms with E-state index in [4.69, 9.17) is 16.2 Å². The maximum absolute atomic E-state index is 12.6. The van der Waals surface area contributed by atoms with Gasteiger partial charge in [0.1, 0.15) is 6.04 Å². The molecule has 0 radical (unpaired) electrons. The fourth-order valence-electron chi connectivity index (χ4n) is 2.52. The number of hydrogen-bond acceptors (Lipinski definition) is 5. The molecule has 10 nitrogen and oxygen atoms in total. The van der Waals surface area contributed by atoms with Crippen molar-refractivity contribution in [1.82, 2.24) is 16.0 Å². The third-order valence-electron chi connectivity index (χ3n) is 3.86. The van der Waals surface area contributed by atoms with Crippen molar-refractivity contribution in [1.29, 1.82) is 5.41 Å². The van der Waals surface area contributed by atoms with Gasteiger partial charge in [-0.2, -0.15) is 0 Å². The van der Waals surface area contributed by atoms with E-state index in [1.807, 2.05) is 13.8 Å². The molecule has 156 valence electrons. The third kappa shape index (κ3) is 11.8. The lowest BCUT2D eigenvalue weighted by Gasteiger charge is -2.27. The molecule has 0 aromatic rings. The second-order valence-corrected chi connectivity index (χ2v) is 6.87. The van der Waals surface area contributed by atoms with Gasteiger partial charge in [-0.3, -0.25) is 19.8 Å². The minimum Gasteiger partial charge on any atom is -0.481 e. The Bertz CT molecular complexity index is 512. The molecule has 0 heterocycles. The van der Waals surface area contributed by atoms with Gasteiger partial charge in [-0.1, -0.05) is 20.8 Å². The van der Waals surface area contributed by atoms with E-state index >= 15 is 0 Å². The van der Waals surface area contributed by atoms with Gasteiger partial charge >= 0.3 is 5.97 Å². The summed E-state index contributed by atoms with van der Waals surface area (Å²) in [5.74, 6) is -1.97. The first-order valence-electron chi connectivity index (χ1n) is 9.14. The van der Waals surface area contributed by atoms with E-state index in [1.54, 1.807) is 6.92 Å². The van der Waals surface area contributed by atoms with Crippen LogP contribution in [0.3, 0.4) is 0 Å². The number of aliphatic hydroxyl groups excluding tert-OH is 1. The number of nitrogens with one attached hydrogen (secondary N) is 4. The molecule has 0 saturated heterocycles. The number of carbonyl (C=O) groups excluding carboxylic acids is 2. The predicted octanol–water partition coefficient (Wildman–Crippen LogP) is -0.489. The summed E-state index contributed by atoms with van der Waals surface area (Å²) in [7, 11) is 0. The Balaban J connectivity index is 5.01. The highest BCUT2D eigenvalue weighted by Crippen LogP contribution is 2.12. The van der Waals surface area contributed by atoms with Gasteiger partial charge in [0.05, 0.1) is 18.6 Å². The summed E-state index contributed by atoms with van der Waals surface area (Å²) in [6.45, 7) is 5.84. The standard InChI is InChI=1S/C17H33N5O5/c1-4-14(24)21-11(6-5-7-20-17(18)19)16(27)22-12(8-10(2)3)13(23)9-15(25)26/h10-13,23H,4-9H2,1-3H3,(H,21,24)(H,22,27)(H,25,26)(H4,18,19,20)/t11-,12-,13-/m0/s1. The van der Waals surface area contributed by atoms with Gasteiger partial charge in [-0.15, -0.1) is 0 Å². The number of carboxylic acids is 1. The Morgan fingerprint density at radius 2 is 1.81 bits per heavy atom. The fourth-order valence-corrected chi connectivity index (χ4v) is 2.52. The second-order valence-electron chi connectivity index (χ2n) is 6.87. The number of rotatable bonds is 13. The van der Waals surface area contributed by atoms with E-state index in [0.29, 0.717) is 25.8 Å². The van der Waals surface area contributed by atoms with Gasteiger partial charge < -0.3 is 31.9 Å². The average Bonchev–Trinajstić information content (AvgIpc) is 2.55. The molecule has 0 aliphatic heterocycles. The highest BCUT2D eigenvalue weighted by molar-refractivity contribution is 5.87. The lowest BCUT2D eigenvalue weighted by Crippen LogP contribution is -2.53. The number of guanidine groups is 1. The van der Waals surface area contributed by atoms with Crippen LogP contribution in [-0.2, 0) is 14.4 Å². The lowest BCUT2D eigenvalue weighted by molar-refractivity contribution is -0.140. The van der Waals surface area contributed by atoms with Crippen LogP contribution in [0.4, 0.5) is 0 Å². The topological polar surface area (TPSA) is 178 Å². The molecule has 8 N–H and O–H groups in total. The van der Waals surface area contributed by atoms with Crippen LogP contribution in [0.25, 0.3) is 0 Å². The molecule has 27 heavy (non-hydrogen) atoms. The van der Waals surface area contributed by atoms with Crippen molar-refractivity contribution < 1.29 is 24.6 Å². The SMILES string of the molecule is CCC(=O)N[C@@H](CCCNC(=N)N)C(=O)N[C@@H](CC(C)C)[C@@H](O)CC(=O)O. The molecule has 0 spiro atoms. The van der Waals surface area contributed by atoms with E-state index in [-0.39, 0.29) is 24.2 Å². The maximum atomic E-state index is 12.6. The monoisotopic (exact) mass is 387 g/mol. The Morgan fingerprint density at radius 1 is 1.19 bits per heavy atom. The maximum Gasteiger partial charge on any atom is 0.306 e. The zero-order valence-corrected chi connectivity index (χ0v) is 16.2. The van der Waals surface area contributed by atoms with Crippen molar-refractivity contribution in [3.63, 3.8) is 0 Å². The number of carbonyl (C=O) groups is 3. The molecule has 0 aromatic carbocycles. The zero-order chi connectivity index (χ0) is 21.0. The molecule has 0 bridgehead atoms. The Morgan fingerprint density at radius 3 is 2.30 bits per heavy atom. The van der Waals surface area contributed by atoms with E-state index < -0.39 is 36.5 Å². The highest BCUT2D eigenvalue weighted by atomic mass is 16.4. The number of carboxylic acid groups (broad SMARTS) is 1. The van der Waals surface area contributed by atoms with Crippen LogP contribution < -0.4 is 21.7 Å². The Labute approximate surface area is 159 Å². The molecule has 0 aliphatic rings. The minimum atomic E-state index is -1.23. The molecule has 0 fully saturated rings. The number of nitrogens with two attached hydrogens (primary N) is 1. The highest BCUT2D eigenvalue weighted by Gasteiger charge is 2.28. The van der Waals surface area contributed by atoms with Crippen LogP contribution in [0, 0.1) is 11.3 Å². The van der Waals surface area contributed by atoms with Gasteiger partial charge in [-0.05, 0) is 25.2 Å². The number of hydrogen-bond donors (Lipinski definition) is 7. The smallest absolute Gasteiger partial charge is 0.306 e. The number of amides is 2. The van der Waals surface area contributed by atoms with Crippen molar-refractivity contribution in [3.05, 3.63) is 0 Å². The molecule has 0 rings (SSSR count). The van der Waals surface area contributed by atoms with E-state index in [9.17, 15) is 19.5 Å². The first kappa shape index (κ1) is 24.6. The lowest BCUT2D eigenvalue weighted by atomic mass is 9.96. The third-order valence-corrected chi connectivity index (χ3v) is 3.86. The van der Waals surface area contributed by atoms with Crippen LogP contribution in [0.15, 0.2) is 0 Å². The molecular weight excluding hydrogens is 354 g/mol. The van der Waals surface area contributed by atoms with Crippen molar-refractivity contribution in [2.24, 2.45) is 11.7 Å². The molecule has 2 amide bonds. The number of aliphatic carboxylic acids is 1. The second kappa shape index (κ2) is 12.9. The van der Waals surface area contributed by atoms with Crippen LogP contribution in [-0.4, -0.2) is 58.7 Å². The number of aliphatic hydroxyl groups is 1. The van der Waals surface area contributed by atoms with Crippen molar-refractivity contribution in [3.8, 4) is 0 Å². The van der Waals surface area contributed by atoms with Crippen molar-refractivity contribution in [2.75, 3.05) is 6.54 Å². The van der Waals surface area contributed by atoms with Gasteiger partial charge in [-0.25, -0.2) is 0 Å². The molecule has 3 atom stereocenters. The molecule has 0 aliphatic carbocycles. The van der Waals surface area contributed by atoms with E-state index in [1.165, 1.54) is 0 Å². The van der Waals surface area contributed by atoms with E-state index in [2.05, 4.69) is 16.0 Å². The average molecular weight is 387 g/mol. The molecular formula is C17H33N5O5. The molecule has 0 aromatic heterocycles. The summed E-state index contributed by atoms with van der Waals surface area (Å²) >= 11 is 0. The van der Waals surface area contributed by atoms with Crippen LogP contribution in [0.1, 0.15) is 52.9 Å². The molecule has 0 unspecified atom stereocenters. The summed E-state index contributed by atoms with van der Waals surface area (Å²) in [5, 5.41) is 34.1. The van der Waals surface area contributed by atoms with Crippen LogP contribution >= 0.6 is 0 Å². The van der Waals surface area contributed by atoms with Crippen LogP contribution in [0.2, 0.25) is 0 Å². The zero-order valence-electron chi connectivity index (χ0n) is 16.2. The van der Waals surface area contributed by atoms with Gasteiger partial charge in [0, 0.05) is 13.0 Å². The van der Waals surface area contributed by atoms with Crippen molar-refractivity contribution >= 4 is 23.7 Å². The quantitative estimate of drug-likeness (QED) is 0.127. The van der Waals surface area contributed by atoms with Gasteiger partial charge in [0.15, 0.2) is 5.96 Å². The largest absolute Gasteiger partial charge is 0.481 e. The van der Waals surface area contributed by atoms with Crippen molar-refractivity contribution in [2.45, 2.75) is 71.1 Å². The first-order chi connectivity index (χ1) is 12.6. The Hall–Kier alpha value is -2.36. The summed E-state index contributed by atoms with van der Waals surface area (Å²) < 4.78 is 0.